The molecule has 6 rings (SSSR count). The molecule has 176 valence electrons. The monoisotopic (exact) mass is 479 g/mol. The lowest BCUT2D eigenvalue weighted by atomic mass is 9.53. The first-order valence-electron chi connectivity index (χ1n) is 12.0. The van der Waals surface area contributed by atoms with Crippen LogP contribution in [0.4, 0.5) is 10.1 Å². The minimum Gasteiger partial charge on any atom is -0.330 e. The molecule has 1 amide bonds. The fourth-order valence-electron chi connectivity index (χ4n) is 6.90. The first-order valence-corrected chi connectivity index (χ1v) is 13.0. The summed E-state index contributed by atoms with van der Waals surface area (Å²) in [5.74, 6) is 3.14. The normalized spacial score (nSPS) is 34.1. The van der Waals surface area contributed by atoms with Gasteiger partial charge in [-0.05, 0) is 87.0 Å². The Morgan fingerprint density at radius 2 is 1.75 bits per heavy atom. The molecule has 1 aliphatic heterocycles. The van der Waals surface area contributed by atoms with Gasteiger partial charge in [0.15, 0.2) is 5.17 Å². The first-order chi connectivity index (χ1) is 15.0. The second-order valence-electron chi connectivity index (χ2n) is 10.2. The quantitative estimate of drug-likeness (QED) is 0.494. The van der Waals surface area contributed by atoms with E-state index in [4.69, 9.17) is 4.99 Å². The van der Waals surface area contributed by atoms with E-state index >= 15 is 0 Å². The van der Waals surface area contributed by atoms with Crippen molar-refractivity contribution in [2.75, 3.05) is 17.2 Å². The predicted octanol–water partition coefficient (Wildman–Crippen LogP) is 6.10. The molecule has 1 unspecified atom stereocenters. The van der Waals surface area contributed by atoms with Crippen molar-refractivity contribution in [1.29, 1.82) is 0 Å². The van der Waals surface area contributed by atoms with Crippen LogP contribution in [0.2, 0.25) is 0 Å². The zero-order valence-electron chi connectivity index (χ0n) is 19.1. The average Bonchev–Trinajstić information content (AvgIpc) is 3.08. The Morgan fingerprint density at radius 1 is 1.16 bits per heavy atom. The molecule has 4 aliphatic carbocycles. The average molecular weight is 480 g/mol. The van der Waals surface area contributed by atoms with Crippen molar-refractivity contribution in [3.8, 4) is 0 Å². The van der Waals surface area contributed by atoms with E-state index < -0.39 is 0 Å². The van der Waals surface area contributed by atoms with Gasteiger partial charge in [-0.25, -0.2) is 4.39 Å². The second kappa shape index (κ2) is 9.54. The highest BCUT2D eigenvalue weighted by molar-refractivity contribution is 8.14. The molecular weight excluding hydrogens is 445 g/mol. The number of anilines is 1. The highest BCUT2D eigenvalue weighted by Crippen LogP contribution is 2.57. The maximum atomic E-state index is 13.5. The summed E-state index contributed by atoms with van der Waals surface area (Å²) in [5.41, 5.74) is 0.893. The number of halogens is 2. The van der Waals surface area contributed by atoms with Crippen LogP contribution in [0.15, 0.2) is 29.3 Å². The van der Waals surface area contributed by atoms with Crippen molar-refractivity contribution in [3.05, 3.63) is 30.1 Å². The summed E-state index contributed by atoms with van der Waals surface area (Å²) >= 11 is 1.81. The van der Waals surface area contributed by atoms with E-state index in [0.29, 0.717) is 0 Å². The van der Waals surface area contributed by atoms with Gasteiger partial charge >= 0.3 is 0 Å². The van der Waals surface area contributed by atoms with Crippen molar-refractivity contribution >= 4 is 40.9 Å². The van der Waals surface area contributed by atoms with Crippen molar-refractivity contribution in [2.45, 2.75) is 76.9 Å². The number of carbonyl (C=O) groups excluding carboxylic acids is 1. The molecule has 4 saturated carbocycles. The fourth-order valence-corrected chi connectivity index (χ4v) is 8.17. The standard InChI is InChI=1S/C25H34FN3OS.ClH/c1-3-4-9-28-23(29(17(2)30)22-7-5-21(26)6-8-22)16-31-24(28)27-25-13-18-10-19(14-25)12-20(11-18)15-25;/h5-8,18-20,23H,3-4,9-16H2,1-2H3;1H. The van der Waals surface area contributed by atoms with Crippen LogP contribution in [0.1, 0.15) is 65.2 Å². The van der Waals surface area contributed by atoms with E-state index in [2.05, 4.69) is 11.8 Å². The number of amides is 1. The summed E-state index contributed by atoms with van der Waals surface area (Å²) in [4.78, 5) is 22.4. The Hall–Kier alpha value is -1.27. The van der Waals surface area contributed by atoms with E-state index in [-0.39, 0.29) is 35.8 Å². The first kappa shape index (κ1) is 23.9. The summed E-state index contributed by atoms with van der Waals surface area (Å²) in [7, 11) is 0. The smallest absolute Gasteiger partial charge is 0.225 e. The SMILES string of the molecule is CCCCN1C(=NC23CC4CC(CC(C4)C2)C3)SCC1N(C(C)=O)c1ccc(F)cc1.Cl. The van der Waals surface area contributed by atoms with E-state index in [1.54, 1.807) is 19.1 Å². The summed E-state index contributed by atoms with van der Waals surface area (Å²) in [6.07, 6.45) is 10.1. The molecule has 7 heteroatoms. The third kappa shape index (κ3) is 4.54. The van der Waals surface area contributed by atoms with Crippen molar-refractivity contribution < 1.29 is 9.18 Å². The molecule has 32 heavy (non-hydrogen) atoms. The van der Waals surface area contributed by atoms with Crippen LogP contribution < -0.4 is 4.90 Å². The molecule has 1 aromatic carbocycles. The molecule has 4 bridgehead atoms. The van der Waals surface area contributed by atoms with Gasteiger partial charge in [0.25, 0.3) is 0 Å². The van der Waals surface area contributed by atoms with E-state index in [0.717, 1.165) is 53.7 Å². The number of carbonyl (C=O) groups is 1. The molecule has 5 fully saturated rings. The predicted molar refractivity (Wildman–Crippen MR) is 133 cm³/mol. The summed E-state index contributed by atoms with van der Waals surface area (Å²) in [5, 5.41) is 1.13. The molecule has 1 aromatic rings. The topological polar surface area (TPSA) is 35.9 Å². The van der Waals surface area contributed by atoms with Gasteiger partial charge in [-0.1, -0.05) is 25.1 Å². The van der Waals surface area contributed by atoms with Gasteiger partial charge in [0.2, 0.25) is 5.91 Å². The molecule has 1 atom stereocenters. The van der Waals surface area contributed by atoms with Gasteiger partial charge in [0.05, 0.1) is 5.54 Å². The minimum atomic E-state index is -0.278. The van der Waals surface area contributed by atoms with Crippen LogP contribution in [0.5, 0.6) is 0 Å². The molecule has 0 spiro atoms. The summed E-state index contributed by atoms with van der Waals surface area (Å²) in [6, 6.07) is 6.31. The zero-order valence-corrected chi connectivity index (χ0v) is 20.8. The van der Waals surface area contributed by atoms with Gasteiger partial charge in [-0.2, -0.15) is 0 Å². The van der Waals surface area contributed by atoms with Crippen LogP contribution in [-0.2, 0) is 4.79 Å². The van der Waals surface area contributed by atoms with E-state index in [1.807, 2.05) is 16.7 Å². The van der Waals surface area contributed by atoms with Crippen LogP contribution in [0, 0.1) is 23.6 Å². The third-order valence-electron chi connectivity index (χ3n) is 7.80. The fraction of sp³-hybridized carbons (Fsp3) is 0.680. The number of hydrogen-bond acceptors (Lipinski definition) is 3. The number of amidine groups is 1. The van der Waals surface area contributed by atoms with E-state index in [1.165, 1.54) is 50.7 Å². The number of benzene rings is 1. The number of thioether (sulfide) groups is 1. The van der Waals surface area contributed by atoms with Gasteiger partial charge in [-0.15, -0.1) is 12.4 Å². The highest BCUT2D eigenvalue weighted by atomic mass is 35.5. The molecule has 0 N–H and O–H groups in total. The Labute approximate surface area is 201 Å². The van der Waals surface area contributed by atoms with Gasteiger partial charge < -0.3 is 4.90 Å². The molecule has 5 aliphatic rings. The largest absolute Gasteiger partial charge is 0.330 e. The van der Waals surface area contributed by atoms with Gasteiger partial charge in [0.1, 0.15) is 12.0 Å². The van der Waals surface area contributed by atoms with Crippen molar-refractivity contribution in [1.82, 2.24) is 4.90 Å². The molecule has 4 nitrogen and oxygen atoms in total. The van der Waals surface area contributed by atoms with Crippen molar-refractivity contribution in [3.63, 3.8) is 0 Å². The third-order valence-corrected chi connectivity index (χ3v) is 8.85. The van der Waals surface area contributed by atoms with Crippen LogP contribution >= 0.6 is 24.2 Å². The van der Waals surface area contributed by atoms with Gasteiger partial charge in [0, 0.05) is 24.9 Å². The second-order valence-corrected chi connectivity index (χ2v) is 11.2. The molecule has 0 aromatic heterocycles. The number of aliphatic imine (C=N–C) groups is 1. The van der Waals surface area contributed by atoms with Crippen LogP contribution in [0.25, 0.3) is 0 Å². The summed E-state index contributed by atoms with van der Waals surface area (Å²) in [6.45, 7) is 4.72. The lowest BCUT2D eigenvalue weighted by molar-refractivity contribution is -0.117. The highest BCUT2D eigenvalue weighted by Gasteiger charge is 2.52. The molecule has 1 heterocycles. The Bertz CT molecular complexity index is 826. The lowest BCUT2D eigenvalue weighted by Gasteiger charge is -2.55. The van der Waals surface area contributed by atoms with Crippen molar-refractivity contribution in [2.24, 2.45) is 22.7 Å². The van der Waals surface area contributed by atoms with E-state index in [9.17, 15) is 9.18 Å². The Kier molecular flexibility index (Phi) is 7.11. The number of rotatable bonds is 6. The molecule has 1 saturated heterocycles. The lowest BCUT2D eigenvalue weighted by Crippen LogP contribution is -2.52. The maximum absolute atomic E-state index is 13.5. The van der Waals surface area contributed by atoms with Crippen LogP contribution in [-0.4, -0.2) is 40.0 Å². The van der Waals surface area contributed by atoms with Crippen LogP contribution in [0.3, 0.4) is 0 Å². The Morgan fingerprint density at radius 3 is 2.28 bits per heavy atom. The molecule has 0 radical (unpaired) electrons. The van der Waals surface area contributed by atoms with Gasteiger partial charge in [-0.3, -0.25) is 14.7 Å². The number of hydrogen-bond donors (Lipinski definition) is 0. The zero-order chi connectivity index (χ0) is 21.6. The maximum Gasteiger partial charge on any atom is 0.225 e. The number of unbranched alkanes of at least 4 members (excludes halogenated alkanes) is 1. The minimum absolute atomic E-state index is 0. The number of nitrogens with zero attached hydrogens (tertiary/aromatic N) is 3. The Balaban J connectivity index is 0.00000245. The summed E-state index contributed by atoms with van der Waals surface area (Å²) < 4.78 is 13.5. The molecular formula is C25H35ClFN3OS.